The largest absolute Gasteiger partial charge is 0.491 e. The molecule has 0 atom stereocenters. The maximum atomic E-state index is 13.1. The fourth-order valence-corrected chi connectivity index (χ4v) is 3.28. The second kappa shape index (κ2) is 9.92. The van der Waals surface area contributed by atoms with Crippen LogP contribution in [0.15, 0.2) is 60.3 Å². The van der Waals surface area contributed by atoms with Crippen molar-refractivity contribution in [3.63, 3.8) is 0 Å². The Bertz CT molecular complexity index is 851. The highest BCUT2D eigenvalue weighted by Gasteiger charge is 2.22. The average molecular weight is 392 g/mol. The number of nitrogens with one attached hydrogen (secondary N) is 1. The molecule has 2 aromatic rings. The fraction of sp³-hybridized carbons (Fsp3) is 0.333. The van der Waals surface area contributed by atoms with Gasteiger partial charge in [0.1, 0.15) is 11.4 Å². The molecular weight excluding hydrogens is 364 g/mol. The van der Waals surface area contributed by atoms with Crippen LogP contribution in [0.1, 0.15) is 49.0 Å². The first-order chi connectivity index (χ1) is 14.0. The van der Waals surface area contributed by atoms with E-state index in [4.69, 9.17) is 4.74 Å². The third-order valence-electron chi connectivity index (χ3n) is 4.72. The number of nitrogens with zero attached hydrogens (tertiary/aromatic N) is 1. The summed E-state index contributed by atoms with van der Waals surface area (Å²) in [6.07, 6.45) is 4.95. The van der Waals surface area contributed by atoms with E-state index in [0.29, 0.717) is 11.3 Å². The zero-order valence-electron chi connectivity index (χ0n) is 17.1. The summed E-state index contributed by atoms with van der Waals surface area (Å²) in [5.74, 6) is 0.341. The number of carbonyl (C=O) groups excluding carboxylic acids is 2. The van der Waals surface area contributed by atoms with Crippen LogP contribution in [0.4, 0.5) is 0 Å². The molecular formula is C24H28N2O3. The van der Waals surface area contributed by atoms with E-state index < -0.39 is 0 Å². The van der Waals surface area contributed by atoms with E-state index in [1.54, 1.807) is 30.3 Å². The predicted molar refractivity (Wildman–Crippen MR) is 115 cm³/mol. The van der Waals surface area contributed by atoms with E-state index in [9.17, 15) is 9.59 Å². The zero-order valence-corrected chi connectivity index (χ0v) is 17.1. The molecule has 3 rings (SSSR count). The normalized spacial score (nSPS) is 14.6. The Hall–Kier alpha value is -3.08. The van der Waals surface area contributed by atoms with Crippen molar-refractivity contribution in [1.29, 1.82) is 0 Å². The minimum absolute atomic E-state index is 0.0952. The fourth-order valence-electron chi connectivity index (χ4n) is 3.28. The van der Waals surface area contributed by atoms with Crippen LogP contribution in [0.25, 0.3) is 6.08 Å². The number of likely N-dealkylation sites (tertiary alicyclic amines) is 1. The molecule has 5 heteroatoms. The number of piperidine rings is 1. The molecule has 152 valence electrons. The standard InChI is InChI=1S/C24H28N2O3/c1-18(2)29-21-13-11-19(12-14-21)17-22(24(28)26-15-7-4-8-16-26)25-23(27)20-9-5-3-6-10-20/h3,5-6,9-14,17-18H,4,7-8,15-16H2,1-2H3,(H,25,27)/b22-17+. The summed E-state index contributed by atoms with van der Waals surface area (Å²) >= 11 is 0. The molecule has 2 amide bonds. The van der Waals surface area contributed by atoms with Gasteiger partial charge < -0.3 is 15.0 Å². The summed E-state index contributed by atoms with van der Waals surface area (Å²) in [5.41, 5.74) is 1.64. The third kappa shape index (κ3) is 5.95. The van der Waals surface area contributed by atoms with Crippen LogP contribution >= 0.6 is 0 Å². The lowest BCUT2D eigenvalue weighted by Crippen LogP contribution is -2.41. The van der Waals surface area contributed by atoms with Crippen LogP contribution < -0.4 is 10.1 Å². The van der Waals surface area contributed by atoms with Gasteiger partial charge in [0.05, 0.1) is 6.10 Å². The Morgan fingerprint density at radius 1 is 0.966 bits per heavy atom. The smallest absolute Gasteiger partial charge is 0.270 e. The van der Waals surface area contributed by atoms with Crippen molar-refractivity contribution < 1.29 is 14.3 Å². The Morgan fingerprint density at radius 2 is 1.62 bits per heavy atom. The summed E-state index contributed by atoms with van der Waals surface area (Å²) in [6, 6.07) is 16.4. The van der Waals surface area contributed by atoms with Crippen molar-refractivity contribution in [2.75, 3.05) is 13.1 Å². The number of amides is 2. The molecule has 0 bridgehead atoms. The van der Waals surface area contributed by atoms with Crippen LogP contribution in [0.5, 0.6) is 5.75 Å². The second-order valence-electron chi connectivity index (χ2n) is 7.47. The molecule has 1 fully saturated rings. The lowest BCUT2D eigenvalue weighted by atomic mass is 10.1. The Kier molecular flexibility index (Phi) is 7.06. The van der Waals surface area contributed by atoms with Crippen LogP contribution in [0, 0.1) is 0 Å². The van der Waals surface area contributed by atoms with E-state index in [1.165, 1.54) is 0 Å². The van der Waals surface area contributed by atoms with Gasteiger partial charge in [-0.2, -0.15) is 0 Å². The molecule has 0 aromatic heterocycles. The summed E-state index contributed by atoms with van der Waals surface area (Å²) < 4.78 is 5.67. The second-order valence-corrected chi connectivity index (χ2v) is 7.47. The van der Waals surface area contributed by atoms with E-state index in [0.717, 1.165) is 43.7 Å². The number of ether oxygens (including phenoxy) is 1. The molecule has 1 aliphatic heterocycles. The maximum Gasteiger partial charge on any atom is 0.270 e. The number of rotatable bonds is 6. The SMILES string of the molecule is CC(C)Oc1ccc(/C=C(/NC(=O)c2ccccc2)C(=O)N2CCCCC2)cc1. The van der Waals surface area contributed by atoms with E-state index in [-0.39, 0.29) is 17.9 Å². The van der Waals surface area contributed by atoms with E-state index in [1.807, 2.05) is 49.1 Å². The number of carbonyl (C=O) groups is 2. The van der Waals surface area contributed by atoms with Gasteiger partial charge in [-0.05, 0) is 69.0 Å². The van der Waals surface area contributed by atoms with Crippen molar-refractivity contribution in [1.82, 2.24) is 10.2 Å². The summed E-state index contributed by atoms with van der Waals surface area (Å²) in [7, 11) is 0. The van der Waals surface area contributed by atoms with Gasteiger partial charge >= 0.3 is 0 Å². The number of hydrogen-bond acceptors (Lipinski definition) is 3. The summed E-state index contributed by atoms with van der Waals surface area (Å²) in [5, 5.41) is 2.83. The first kappa shape index (κ1) is 20.6. The quantitative estimate of drug-likeness (QED) is 0.748. The molecule has 0 unspecified atom stereocenters. The molecule has 2 aromatic carbocycles. The number of hydrogen-bond donors (Lipinski definition) is 1. The lowest BCUT2D eigenvalue weighted by Gasteiger charge is -2.27. The van der Waals surface area contributed by atoms with Crippen molar-refractivity contribution in [2.24, 2.45) is 0 Å². The molecule has 1 saturated heterocycles. The highest BCUT2D eigenvalue weighted by molar-refractivity contribution is 6.05. The van der Waals surface area contributed by atoms with Gasteiger partial charge in [0, 0.05) is 18.7 Å². The summed E-state index contributed by atoms with van der Waals surface area (Å²) in [4.78, 5) is 27.6. The minimum atomic E-state index is -0.290. The molecule has 5 nitrogen and oxygen atoms in total. The summed E-state index contributed by atoms with van der Waals surface area (Å²) in [6.45, 7) is 5.39. The molecule has 29 heavy (non-hydrogen) atoms. The Morgan fingerprint density at radius 3 is 2.24 bits per heavy atom. The van der Waals surface area contributed by atoms with Crippen molar-refractivity contribution in [2.45, 2.75) is 39.2 Å². The number of benzene rings is 2. The van der Waals surface area contributed by atoms with Gasteiger partial charge in [0.25, 0.3) is 11.8 Å². The molecule has 1 aliphatic rings. The third-order valence-corrected chi connectivity index (χ3v) is 4.72. The molecule has 1 heterocycles. The molecule has 0 radical (unpaired) electrons. The maximum absolute atomic E-state index is 13.1. The molecule has 0 saturated carbocycles. The van der Waals surface area contributed by atoms with Gasteiger partial charge in [0.2, 0.25) is 0 Å². The van der Waals surface area contributed by atoms with Crippen LogP contribution in [0.3, 0.4) is 0 Å². The van der Waals surface area contributed by atoms with Gasteiger partial charge in [-0.3, -0.25) is 9.59 Å². The predicted octanol–water partition coefficient (Wildman–Crippen LogP) is 4.26. The van der Waals surface area contributed by atoms with E-state index in [2.05, 4.69) is 5.32 Å². The molecule has 0 spiro atoms. The van der Waals surface area contributed by atoms with Gasteiger partial charge in [-0.1, -0.05) is 30.3 Å². The highest BCUT2D eigenvalue weighted by Crippen LogP contribution is 2.18. The molecule has 0 aliphatic carbocycles. The first-order valence-electron chi connectivity index (χ1n) is 10.2. The van der Waals surface area contributed by atoms with Crippen LogP contribution in [-0.4, -0.2) is 35.9 Å². The topological polar surface area (TPSA) is 58.6 Å². The molecule has 1 N–H and O–H groups in total. The first-order valence-corrected chi connectivity index (χ1v) is 10.2. The van der Waals surface area contributed by atoms with Gasteiger partial charge in [0.15, 0.2) is 0 Å². The monoisotopic (exact) mass is 392 g/mol. The Balaban J connectivity index is 1.84. The van der Waals surface area contributed by atoms with Crippen molar-refractivity contribution in [3.8, 4) is 5.75 Å². The van der Waals surface area contributed by atoms with Gasteiger partial charge in [-0.25, -0.2) is 0 Å². The van der Waals surface area contributed by atoms with Crippen LogP contribution in [-0.2, 0) is 4.79 Å². The van der Waals surface area contributed by atoms with E-state index >= 15 is 0 Å². The van der Waals surface area contributed by atoms with Crippen molar-refractivity contribution >= 4 is 17.9 Å². The lowest BCUT2D eigenvalue weighted by molar-refractivity contribution is -0.128. The zero-order chi connectivity index (χ0) is 20.6. The highest BCUT2D eigenvalue weighted by atomic mass is 16.5. The minimum Gasteiger partial charge on any atom is -0.491 e. The van der Waals surface area contributed by atoms with Crippen LogP contribution in [0.2, 0.25) is 0 Å². The Labute approximate surface area is 172 Å². The van der Waals surface area contributed by atoms with Crippen molar-refractivity contribution in [3.05, 3.63) is 71.4 Å². The van der Waals surface area contributed by atoms with Gasteiger partial charge in [-0.15, -0.1) is 0 Å². The average Bonchev–Trinajstić information content (AvgIpc) is 2.75.